The average Bonchev–Trinajstić information content (AvgIpc) is 3.07. The molecule has 5 heteroatoms. The molecule has 24 heavy (non-hydrogen) atoms. The van der Waals surface area contributed by atoms with Crippen LogP contribution >= 0.6 is 0 Å². The molecule has 0 fully saturated rings. The molecule has 0 atom stereocenters. The smallest absolute Gasteiger partial charge is 0.191 e. The molecule has 0 saturated carbocycles. The maximum atomic E-state index is 5.36. The van der Waals surface area contributed by atoms with Crippen molar-refractivity contribution in [2.75, 3.05) is 6.54 Å². The maximum absolute atomic E-state index is 5.36. The molecule has 130 valence electrons. The van der Waals surface area contributed by atoms with Crippen LogP contribution in [0.3, 0.4) is 0 Å². The number of rotatable bonds is 7. The van der Waals surface area contributed by atoms with Gasteiger partial charge in [0.2, 0.25) is 0 Å². The van der Waals surface area contributed by atoms with Gasteiger partial charge >= 0.3 is 0 Å². The second kappa shape index (κ2) is 9.11. The van der Waals surface area contributed by atoms with Crippen LogP contribution in [0.25, 0.3) is 0 Å². The topological polar surface area (TPSA) is 62.5 Å². The van der Waals surface area contributed by atoms with Crippen molar-refractivity contribution in [2.45, 2.75) is 53.1 Å². The Morgan fingerprint density at radius 3 is 2.54 bits per heavy atom. The van der Waals surface area contributed by atoms with Gasteiger partial charge in [0.25, 0.3) is 0 Å². The van der Waals surface area contributed by atoms with Gasteiger partial charge in [-0.25, -0.2) is 4.99 Å². The lowest BCUT2D eigenvalue weighted by atomic mass is 10.1. The molecule has 0 aliphatic rings. The second-order valence-corrected chi connectivity index (χ2v) is 6.04. The molecule has 1 aromatic carbocycles. The number of nitrogens with zero attached hydrogens (tertiary/aromatic N) is 2. The van der Waals surface area contributed by atoms with Gasteiger partial charge in [-0.1, -0.05) is 50.2 Å². The Labute approximate surface area is 144 Å². The van der Waals surface area contributed by atoms with Crippen molar-refractivity contribution in [3.8, 4) is 0 Å². The molecule has 0 unspecified atom stereocenters. The first-order valence-electron chi connectivity index (χ1n) is 8.68. The Morgan fingerprint density at radius 2 is 1.92 bits per heavy atom. The maximum Gasteiger partial charge on any atom is 0.191 e. The van der Waals surface area contributed by atoms with Crippen LogP contribution in [-0.4, -0.2) is 17.7 Å². The summed E-state index contributed by atoms with van der Waals surface area (Å²) in [7, 11) is 0. The molecule has 1 aromatic heterocycles. The highest BCUT2D eigenvalue weighted by molar-refractivity contribution is 5.79. The van der Waals surface area contributed by atoms with Gasteiger partial charge in [-0.15, -0.1) is 0 Å². The van der Waals surface area contributed by atoms with Gasteiger partial charge in [-0.05, 0) is 30.4 Å². The van der Waals surface area contributed by atoms with Gasteiger partial charge in [0.1, 0.15) is 0 Å². The molecule has 2 aromatic rings. The van der Waals surface area contributed by atoms with Crippen molar-refractivity contribution in [3.63, 3.8) is 0 Å². The first-order chi connectivity index (χ1) is 11.6. The minimum absolute atomic E-state index is 0.370. The molecule has 0 aliphatic carbocycles. The van der Waals surface area contributed by atoms with Gasteiger partial charge in [0, 0.05) is 12.6 Å². The quantitative estimate of drug-likeness (QED) is 0.602. The molecule has 0 saturated heterocycles. The van der Waals surface area contributed by atoms with Crippen LogP contribution in [0.15, 0.2) is 39.8 Å². The van der Waals surface area contributed by atoms with Crippen molar-refractivity contribution < 1.29 is 4.52 Å². The molecule has 0 spiro atoms. The fraction of sp³-hybridized carbons (Fsp3) is 0.474. The lowest BCUT2D eigenvalue weighted by Crippen LogP contribution is -2.36. The third-order valence-corrected chi connectivity index (χ3v) is 3.85. The van der Waals surface area contributed by atoms with E-state index in [1.807, 2.05) is 6.07 Å². The van der Waals surface area contributed by atoms with E-state index in [2.05, 4.69) is 72.7 Å². The van der Waals surface area contributed by atoms with Crippen LogP contribution < -0.4 is 10.6 Å². The number of guanidine groups is 1. The summed E-state index contributed by atoms with van der Waals surface area (Å²) in [6, 6.07) is 10.4. The van der Waals surface area contributed by atoms with E-state index in [0.717, 1.165) is 30.4 Å². The van der Waals surface area contributed by atoms with Crippen LogP contribution in [0, 0.1) is 0 Å². The number of aliphatic imine (C=N–C) groups is 1. The SMILES string of the molecule is CCNC(=NCc1ccccc1CC)NCc1cc(C(C)C)no1. The monoisotopic (exact) mass is 328 g/mol. The van der Waals surface area contributed by atoms with E-state index < -0.39 is 0 Å². The highest BCUT2D eigenvalue weighted by Gasteiger charge is 2.08. The van der Waals surface area contributed by atoms with Crippen LogP contribution in [0.2, 0.25) is 0 Å². The molecule has 0 aliphatic heterocycles. The third kappa shape index (κ3) is 5.11. The average molecular weight is 328 g/mol. The van der Waals surface area contributed by atoms with E-state index >= 15 is 0 Å². The highest BCUT2D eigenvalue weighted by atomic mass is 16.5. The number of aromatic nitrogens is 1. The van der Waals surface area contributed by atoms with Crippen molar-refractivity contribution in [3.05, 3.63) is 52.9 Å². The standard InChI is InChI=1S/C19H28N4O/c1-5-15-9-7-8-10-16(15)12-21-19(20-6-2)22-13-17-11-18(14(3)4)23-24-17/h7-11,14H,5-6,12-13H2,1-4H3,(H2,20,21,22). The summed E-state index contributed by atoms with van der Waals surface area (Å²) in [5.74, 6) is 1.97. The molecule has 1 heterocycles. The summed E-state index contributed by atoms with van der Waals surface area (Å²) in [4.78, 5) is 4.68. The van der Waals surface area contributed by atoms with E-state index in [-0.39, 0.29) is 0 Å². The summed E-state index contributed by atoms with van der Waals surface area (Å²) in [5.41, 5.74) is 3.58. The van der Waals surface area contributed by atoms with Crippen LogP contribution in [-0.2, 0) is 19.5 Å². The molecule has 2 rings (SSSR count). The Hall–Kier alpha value is -2.30. The lowest BCUT2D eigenvalue weighted by molar-refractivity contribution is 0.372. The Bertz CT molecular complexity index is 661. The molecule has 0 radical (unpaired) electrons. The van der Waals surface area contributed by atoms with Gasteiger partial charge < -0.3 is 15.2 Å². The van der Waals surface area contributed by atoms with Gasteiger partial charge in [0.05, 0.1) is 18.8 Å². The van der Waals surface area contributed by atoms with Crippen molar-refractivity contribution >= 4 is 5.96 Å². The van der Waals surface area contributed by atoms with Crippen molar-refractivity contribution in [2.24, 2.45) is 4.99 Å². The fourth-order valence-electron chi connectivity index (χ4n) is 2.42. The molecular weight excluding hydrogens is 300 g/mol. The summed E-state index contributed by atoms with van der Waals surface area (Å²) >= 11 is 0. The minimum Gasteiger partial charge on any atom is -0.359 e. The zero-order valence-corrected chi connectivity index (χ0v) is 15.1. The van der Waals surface area contributed by atoms with Gasteiger partial charge in [-0.3, -0.25) is 0 Å². The zero-order chi connectivity index (χ0) is 17.4. The Kier molecular flexibility index (Phi) is 6.85. The highest BCUT2D eigenvalue weighted by Crippen LogP contribution is 2.14. The predicted octanol–water partition coefficient (Wildman–Crippen LogP) is 3.62. The van der Waals surface area contributed by atoms with Crippen LogP contribution in [0.1, 0.15) is 56.2 Å². The summed E-state index contributed by atoms with van der Waals surface area (Å²) in [6.07, 6.45) is 1.02. The minimum atomic E-state index is 0.370. The lowest BCUT2D eigenvalue weighted by Gasteiger charge is -2.11. The molecule has 0 amide bonds. The fourth-order valence-corrected chi connectivity index (χ4v) is 2.42. The van der Waals surface area contributed by atoms with E-state index in [4.69, 9.17) is 4.52 Å². The summed E-state index contributed by atoms with van der Waals surface area (Å²) in [5, 5.41) is 10.6. The first-order valence-corrected chi connectivity index (χ1v) is 8.68. The van der Waals surface area contributed by atoms with E-state index in [1.165, 1.54) is 11.1 Å². The number of benzene rings is 1. The van der Waals surface area contributed by atoms with Gasteiger partial charge in [0.15, 0.2) is 11.7 Å². The molecule has 0 bridgehead atoms. The normalized spacial score (nSPS) is 11.8. The molecular formula is C19H28N4O. The summed E-state index contributed by atoms with van der Waals surface area (Å²) in [6.45, 7) is 10.5. The van der Waals surface area contributed by atoms with Crippen molar-refractivity contribution in [1.29, 1.82) is 0 Å². The number of nitrogens with one attached hydrogen (secondary N) is 2. The molecule has 2 N–H and O–H groups in total. The third-order valence-electron chi connectivity index (χ3n) is 3.85. The summed E-state index contributed by atoms with van der Waals surface area (Å²) < 4.78 is 5.36. The first kappa shape index (κ1) is 18.0. The molecule has 5 nitrogen and oxygen atoms in total. The van der Waals surface area contributed by atoms with Gasteiger partial charge in [-0.2, -0.15) is 0 Å². The largest absolute Gasteiger partial charge is 0.359 e. The van der Waals surface area contributed by atoms with E-state index in [9.17, 15) is 0 Å². The predicted molar refractivity (Wildman–Crippen MR) is 98.1 cm³/mol. The van der Waals surface area contributed by atoms with Crippen molar-refractivity contribution in [1.82, 2.24) is 15.8 Å². The number of hydrogen-bond donors (Lipinski definition) is 2. The van der Waals surface area contributed by atoms with Crippen LogP contribution in [0.5, 0.6) is 0 Å². The second-order valence-electron chi connectivity index (χ2n) is 6.04. The zero-order valence-electron chi connectivity index (χ0n) is 15.1. The van der Waals surface area contributed by atoms with E-state index in [1.54, 1.807) is 0 Å². The number of hydrogen-bond acceptors (Lipinski definition) is 3. The van der Waals surface area contributed by atoms with Crippen LogP contribution in [0.4, 0.5) is 0 Å². The Balaban J connectivity index is 1.99. The number of aryl methyl sites for hydroxylation is 1. The van der Waals surface area contributed by atoms with E-state index in [0.29, 0.717) is 19.0 Å². The Morgan fingerprint density at radius 1 is 1.17 bits per heavy atom.